The molecule has 0 heterocycles. The van der Waals surface area contributed by atoms with E-state index in [0.717, 1.165) is 24.3 Å². The van der Waals surface area contributed by atoms with E-state index in [2.05, 4.69) is 12.1 Å². The summed E-state index contributed by atoms with van der Waals surface area (Å²) in [6, 6.07) is 7.92. The average molecular weight is 281 g/mol. The van der Waals surface area contributed by atoms with Crippen molar-refractivity contribution < 1.29 is 9.90 Å². The lowest BCUT2D eigenvalue weighted by atomic mass is 9.76. The molecule has 0 bridgehead atoms. The quantitative estimate of drug-likeness (QED) is 0.813. The van der Waals surface area contributed by atoms with Crippen LogP contribution in [0.5, 0.6) is 0 Å². The van der Waals surface area contributed by atoms with Crippen molar-refractivity contribution in [2.24, 2.45) is 11.8 Å². The molecule has 1 fully saturated rings. The maximum absolute atomic E-state index is 11.3. The minimum Gasteiger partial charge on any atom is -0.481 e. The molecule has 1 aromatic carbocycles. The van der Waals surface area contributed by atoms with Crippen LogP contribution in [0.4, 0.5) is 0 Å². The predicted molar refractivity (Wildman–Crippen MR) is 77.6 cm³/mol. The third-order valence-electron chi connectivity index (χ3n) is 4.40. The Hall–Kier alpha value is -1.02. The van der Waals surface area contributed by atoms with Crippen LogP contribution in [0.2, 0.25) is 5.02 Å². The number of hydrogen-bond acceptors (Lipinski definition) is 1. The molecule has 0 spiro atoms. The molecule has 1 saturated carbocycles. The second kappa shape index (κ2) is 6.42. The van der Waals surface area contributed by atoms with Gasteiger partial charge in [0.15, 0.2) is 0 Å². The van der Waals surface area contributed by atoms with Crippen LogP contribution >= 0.6 is 11.6 Å². The van der Waals surface area contributed by atoms with Crippen molar-refractivity contribution in [2.45, 2.75) is 44.9 Å². The van der Waals surface area contributed by atoms with Crippen molar-refractivity contribution in [2.75, 3.05) is 0 Å². The van der Waals surface area contributed by atoms with Gasteiger partial charge in [-0.25, -0.2) is 0 Å². The molecule has 1 aromatic rings. The highest BCUT2D eigenvalue weighted by molar-refractivity contribution is 6.30. The molecule has 0 radical (unpaired) electrons. The van der Waals surface area contributed by atoms with Gasteiger partial charge in [0.05, 0.1) is 5.92 Å². The zero-order valence-corrected chi connectivity index (χ0v) is 12.1. The second-order valence-electron chi connectivity index (χ2n) is 5.59. The molecular weight excluding hydrogens is 260 g/mol. The summed E-state index contributed by atoms with van der Waals surface area (Å²) in [5, 5.41) is 10.1. The first kappa shape index (κ1) is 14.4. The van der Waals surface area contributed by atoms with Crippen molar-refractivity contribution in [1.82, 2.24) is 0 Å². The smallest absolute Gasteiger partial charge is 0.306 e. The molecule has 0 saturated heterocycles. The van der Waals surface area contributed by atoms with E-state index in [0.29, 0.717) is 5.92 Å². The summed E-state index contributed by atoms with van der Waals surface area (Å²) in [4.78, 5) is 11.3. The van der Waals surface area contributed by atoms with Gasteiger partial charge in [0.2, 0.25) is 0 Å². The Morgan fingerprint density at radius 3 is 2.47 bits per heavy atom. The third-order valence-corrected chi connectivity index (χ3v) is 4.65. The summed E-state index contributed by atoms with van der Waals surface area (Å²) >= 11 is 5.94. The monoisotopic (exact) mass is 280 g/mol. The lowest BCUT2D eigenvalue weighted by Crippen LogP contribution is -2.25. The minimum absolute atomic E-state index is 0.237. The SMILES string of the molecule is CC(C(=O)O)C1CCCCCC1c1ccc(Cl)cc1. The Morgan fingerprint density at radius 2 is 1.84 bits per heavy atom. The van der Waals surface area contributed by atoms with E-state index in [1.807, 2.05) is 19.1 Å². The van der Waals surface area contributed by atoms with Crippen molar-refractivity contribution in [3.63, 3.8) is 0 Å². The number of carbonyl (C=O) groups is 1. The number of benzene rings is 1. The van der Waals surface area contributed by atoms with Gasteiger partial charge in [0.1, 0.15) is 0 Å². The van der Waals surface area contributed by atoms with Crippen LogP contribution in [-0.2, 0) is 4.79 Å². The minimum atomic E-state index is -0.675. The molecule has 0 amide bonds. The van der Waals surface area contributed by atoms with Gasteiger partial charge in [-0.05, 0) is 42.4 Å². The summed E-state index contributed by atoms with van der Waals surface area (Å²) in [6.45, 7) is 1.85. The summed E-state index contributed by atoms with van der Waals surface area (Å²) in [7, 11) is 0. The van der Waals surface area contributed by atoms with E-state index in [1.54, 1.807) is 0 Å². The molecule has 3 heteroatoms. The van der Waals surface area contributed by atoms with Crippen LogP contribution < -0.4 is 0 Å². The fourth-order valence-electron chi connectivity index (χ4n) is 3.24. The van der Waals surface area contributed by atoms with E-state index in [4.69, 9.17) is 11.6 Å². The Balaban J connectivity index is 2.26. The van der Waals surface area contributed by atoms with Gasteiger partial charge in [-0.2, -0.15) is 0 Å². The van der Waals surface area contributed by atoms with Crippen molar-refractivity contribution in [3.05, 3.63) is 34.9 Å². The highest BCUT2D eigenvalue weighted by atomic mass is 35.5. The largest absolute Gasteiger partial charge is 0.481 e. The Bertz CT molecular complexity index is 427. The molecule has 1 N–H and O–H groups in total. The number of carboxylic acid groups (broad SMARTS) is 1. The number of hydrogen-bond donors (Lipinski definition) is 1. The van der Waals surface area contributed by atoms with E-state index in [9.17, 15) is 9.90 Å². The first-order valence-electron chi connectivity index (χ1n) is 7.08. The molecule has 0 aliphatic heterocycles. The van der Waals surface area contributed by atoms with E-state index < -0.39 is 5.97 Å². The second-order valence-corrected chi connectivity index (χ2v) is 6.02. The summed E-state index contributed by atoms with van der Waals surface area (Å²) in [5.74, 6) is -0.364. The average Bonchev–Trinajstić information content (AvgIpc) is 2.64. The van der Waals surface area contributed by atoms with Crippen LogP contribution in [0, 0.1) is 11.8 Å². The van der Waals surface area contributed by atoms with Crippen molar-refractivity contribution >= 4 is 17.6 Å². The van der Waals surface area contributed by atoms with Gasteiger partial charge in [-0.3, -0.25) is 4.79 Å². The molecule has 19 heavy (non-hydrogen) atoms. The van der Waals surface area contributed by atoms with Gasteiger partial charge in [0.25, 0.3) is 0 Å². The number of halogens is 1. The van der Waals surface area contributed by atoms with Crippen LogP contribution in [0.15, 0.2) is 24.3 Å². The van der Waals surface area contributed by atoms with Crippen molar-refractivity contribution in [1.29, 1.82) is 0 Å². The Morgan fingerprint density at radius 1 is 1.21 bits per heavy atom. The molecule has 2 rings (SSSR count). The molecule has 3 atom stereocenters. The van der Waals surface area contributed by atoms with E-state index in [1.165, 1.54) is 18.4 Å². The maximum Gasteiger partial charge on any atom is 0.306 e. The molecule has 0 aromatic heterocycles. The molecule has 3 unspecified atom stereocenters. The number of carboxylic acids is 1. The van der Waals surface area contributed by atoms with E-state index in [-0.39, 0.29) is 11.8 Å². The van der Waals surface area contributed by atoms with Gasteiger partial charge >= 0.3 is 5.97 Å². The summed E-state index contributed by atoms with van der Waals surface area (Å²) in [5.41, 5.74) is 1.24. The Labute approximate surface area is 119 Å². The number of rotatable bonds is 3. The normalized spacial score (nSPS) is 25.6. The first-order chi connectivity index (χ1) is 9.09. The highest BCUT2D eigenvalue weighted by Crippen LogP contribution is 2.40. The molecule has 104 valence electrons. The predicted octanol–water partition coefficient (Wildman–Crippen LogP) is 4.72. The first-order valence-corrected chi connectivity index (χ1v) is 7.45. The van der Waals surface area contributed by atoms with Crippen LogP contribution in [-0.4, -0.2) is 11.1 Å². The molecule has 1 aliphatic carbocycles. The van der Waals surface area contributed by atoms with Gasteiger partial charge in [0, 0.05) is 5.02 Å². The van der Waals surface area contributed by atoms with Gasteiger partial charge < -0.3 is 5.11 Å². The standard InChI is InChI=1S/C16H21ClO2/c1-11(16(18)19)14-5-3-2-4-6-15(14)12-7-9-13(17)10-8-12/h7-11,14-15H,2-6H2,1H3,(H,18,19). The summed E-state index contributed by atoms with van der Waals surface area (Å²) < 4.78 is 0. The fraction of sp³-hybridized carbons (Fsp3) is 0.562. The fourth-order valence-corrected chi connectivity index (χ4v) is 3.37. The molecule has 2 nitrogen and oxygen atoms in total. The lowest BCUT2D eigenvalue weighted by Gasteiger charge is -2.28. The highest BCUT2D eigenvalue weighted by Gasteiger charge is 2.32. The van der Waals surface area contributed by atoms with E-state index >= 15 is 0 Å². The molecular formula is C16H21ClO2. The lowest BCUT2D eigenvalue weighted by molar-refractivity contribution is -0.143. The topological polar surface area (TPSA) is 37.3 Å². The van der Waals surface area contributed by atoms with Gasteiger partial charge in [-0.15, -0.1) is 0 Å². The van der Waals surface area contributed by atoms with Crippen molar-refractivity contribution in [3.8, 4) is 0 Å². The number of aliphatic carboxylic acids is 1. The zero-order valence-electron chi connectivity index (χ0n) is 11.3. The van der Waals surface area contributed by atoms with Crippen LogP contribution in [0.1, 0.15) is 50.5 Å². The summed E-state index contributed by atoms with van der Waals surface area (Å²) in [6.07, 6.45) is 5.65. The van der Waals surface area contributed by atoms with Gasteiger partial charge in [-0.1, -0.05) is 49.9 Å². The van der Waals surface area contributed by atoms with Crippen LogP contribution in [0.25, 0.3) is 0 Å². The van der Waals surface area contributed by atoms with Crippen LogP contribution in [0.3, 0.4) is 0 Å². The zero-order chi connectivity index (χ0) is 13.8. The molecule has 1 aliphatic rings. The Kier molecular flexibility index (Phi) is 4.87. The maximum atomic E-state index is 11.3. The third kappa shape index (κ3) is 3.50.